The average molecular weight is 408 g/mol. The highest BCUT2D eigenvalue weighted by Gasteiger charge is 2.52. The number of aromatic amines is 1. The molecule has 148 valence electrons. The Morgan fingerprint density at radius 3 is 2.62 bits per heavy atom. The Labute approximate surface area is 174 Å². The van der Waals surface area contributed by atoms with E-state index in [1.165, 1.54) is 4.90 Å². The van der Waals surface area contributed by atoms with Gasteiger partial charge in [-0.1, -0.05) is 55.3 Å². The van der Waals surface area contributed by atoms with Crippen LogP contribution in [0.2, 0.25) is 5.02 Å². The van der Waals surface area contributed by atoms with Gasteiger partial charge in [0.1, 0.15) is 12.1 Å². The maximum absolute atomic E-state index is 13.3. The molecule has 29 heavy (non-hydrogen) atoms. The number of amides is 3. The predicted molar refractivity (Wildman–Crippen MR) is 113 cm³/mol. The maximum atomic E-state index is 13.3. The standard InChI is InChI=1S/C23H22ClN3O2/c1-2-3-12-26-22(28)19-13-17-16-6-4-5-7-18(16)25-20(17)21(27(19)23(26)29)14-8-10-15(24)11-9-14/h4-11,19,21,25H,2-3,12-13H2,1H3/t19-,21+/m1/s1. The van der Waals surface area contributed by atoms with Crippen LogP contribution in [0.3, 0.4) is 0 Å². The van der Waals surface area contributed by atoms with E-state index in [4.69, 9.17) is 11.6 Å². The Hall–Kier alpha value is -2.79. The van der Waals surface area contributed by atoms with Gasteiger partial charge >= 0.3 is 6.03 Å². The van der Waals surface area contributed by atoms with Crippen LogP contribution < -0.4 is 0 Å². The molecule has 6 heteroatoms. The lowest BCUT2D eigenvalue weighted by Gasteiger charge is -2.36. The first-order valence-electron chi connectivity index (χ1n) is 10.1. The second-order valence-electron chi connectivity index (χ2n) is 7.77. The Morgan fingerprint density at radius 1 is 1.10 bits per heavy atom. The summed E-state index contributed by atoms with van der Waals surface area (Å²) in [4.78, 5) is 33.2. The van der Waals surface area contributed by atoms with Crippen LogP contribution in [0, 0.1) is 0 Å². The van der Waals surface area contributed by atoms with Crippen LogP contribution >= 0.6 is 11.6 Å². The molecular formula is C23H22ClN3O2. The molecule has 5 rings (SSSR count). The third-order valence-electron chi connectivity index (χ3n) is 6.06. The lowest BCUT2D eigenvalue weighted by atomic mass is 9.89. The molecule has 0 bridgehead atoms. The zero-order valence-electron chi connectivity index (χ0n) is 16.2. The quantitative estimate of drug-likeness (QED) is 0.625. The fraction of sp³-hybridized carbons (Fsp3) is 0.304. The lowest BCUT2D eigenvalue weighted by Crippen LogP contribution is -2.44. The Morgan fingerprint density at radius 2 is 1.86 bits per heavy atom. The fourth-order valence-corrected chi connectivity index (χ4v) is 4.77. The smallest absolute Gasteiger partial charge is 0.328 e. The van der Waals surface area contributed by atoms with Gasteiger partial charge in [0.25, 0.3) is 5.91 Å². The van der Waals surface area contributed by atoms with E-state index in [1.807, 2.05) is 42.5 Å². The number of para-hydroxylation sites is 1. The molecule has 1 fully saturated rings. The lowest BCUT2D eigenvalue weighted by molar-refractivity contribution is -0.128. The fourth-order valence-electron chi connectivity index (χ4n) is 4.64. The summed E-state index contributed by atoms with van der Waals surface area (Å²) in [7, 11) is 0. The second-order valence-corrected chi connectivity index (χ2v) is 8.21. The van der Waals surface area contributed by atoms with Crippen molar-refractivity contribution in [2.75, 3.05) is 6.54 Å². The van der Waals surface area contributed by atoms with E-state index < -0.39 is 6.04 Å². The van der Waals surface area contributed by atoms with Gasteiger partial charge in [-0.3, -0.25) is 14.6 Å². The maximum Gasteiger partial charge on any atom is 0.328 e. The summed E-state index contributed by atoms with van der Waals surface area (Å²) < 4.78 is 0. The van der Waals surface area contributed by atoms with Crippen LogP contribution in [0.5, 0.6) is 0 Å². The molecule has 3 aromatic rings. The number of unbranched alkanes of at least 4 members (excludes halogenated alkanes) is 1. The first-order valence-corrected chi connectivity index (χ1v) is 10.5. The molecule has 0 unspecified atom stereocenters. The number of carbonyl (C=O) groups is 2. The minimum absolute atomic E-state index is 0.0849. The van der Waals surface area contributed by atoms with E-state index in [1.54, 1.807) is 4.90 Å². The molecule has 2 aliphatic heterocycles. The number of nitrogens with zero attached hydrogens (tertiary/aromatic N) is 2. The van der Waals surface area contributed by atoms with E-state index in [0.29, 0.717) is 18.0 Å². The van der Waals surface area contributed by atoms with E-state index in [9.17, 15) is 9.59 Å². The van der Waals surface area contributed by atoms with E-state index in [0.717, 1.165) is 40.6 Å². The molecule has 5 nitrogen and oxygen atoms in total. The molecule has 0 aliphatic carbocycles. The third kappa shape index (κ3) is 2.76. The summed E-state index contributed by atoms with van der Waals surface area (Å²) in [5, 5.41) is 1.76. The largest absolute Gasteiger partial charge is 0.356 e. The molecule has 3 heterocycles. The second kappa shape index (κ2) is 6.92. The summed E-state index contributed by atoms with van der Waals surface area (Å²) in [5.41, 5.74) is 4.09. The van der Waals surface area contributed by atoms with Crippen molar-refractivity contribution in [3.8, 4) is 0 Å². The van der Waals surface area contributed by atoms with Gasteiger partial charge in [0, 0.05) is 34.6 Å². The van der Waals surface area contributed by atoms with Gasteiger partial charge < -0.3 is 4.98 Å². The molecule has 1 saturated heterocycles. The average Bonchev–Trinajstić information content (AvgIpc) is 3.21. The molecular weight excluding hydrogens is 386 g/mol. The van der Waals surface area contributed by atoms with Gasteiger partial charge in [0.2, 0.25) is 0 Å². The normalized spacial score (nSPS) is 21.0. The van der Waals surface area contributed by atoms with Crippen molar-refractivity contribution >= 4 is 34.4 Å². The third-order valence-corrected chi connectivity index (χ3v) is 6.31. The number of benzene rings is 2. The van der Waals surface area contributed by atoms with Crippen molar-refractivity contribution in [2.45, 2.75) is 38.3 Å². The molecule has 2 aliphatic rings. The Bertz CT molecular complexity index is 1110. The van der Waals surface area contributed by atoms with Crippen LogP contribution in [0.15, 0.2) is 48.5 Å². The van der Waals surface area contributed by atoms with Gasteiger partial charge in [-0.05, 0) is 35.7 Å². The highest BCUT2D eigenvalue weighted by atomic mass is 35.5. The summed E-state index contributed by atoms with van der Waals surface area (Å²) in [6.45, 7) is 2.54. The zero-order valence-corrected chi connectivity index (χ0v) is 16.9. The van der Waals surface area contributed by atoms with Gasteiger partial charge in [-0.2, -0.15) is 0 Å². The van der Waals surface area contributed by atoms with E-state index in [2.05, 4.69) is 18.0 Å². The van der Waals surface area contributed by atoms with E-state index >= 15 is 0 Å². The molecule has 2 aromatic carbocycles. The number of halogens is 1. The molecule has 1 N–H and O–H groups in total. The van der Waals surface area contributed by atoms with Gasteiger partial charge in [-0.15, -0.1) is 0 Å². The Kier molecular flexibility index (Phi) is 4.36. The number of carbonyl (C=O) groups excluding carboxylic acids is 2. The van der Waals surface area contributed by atoms with Crippen LogP contribution in [0.25, 0.3) is 10.9 Å². The van der Waals surface area contributed by atoms with Crippen molar-refractivity contribution in [2.24, 2.45) is 0 Å². The first-order chi connectivity index (χ1) is 14.1. The number of nitrogens with one attached hydrogen (secondary N) is 1. The monoisotopic (exact) mass is 407 g/mol. The van der Waals surface area contributed by atoms with Gasteiger partial charge in [0.05, 0.1) is 0 Å². The van der Waals surface area contributed by atoms with Crippen molar-refractivity contribution in [1.29, 1.82) is 0 Å². The number of aromatic nitrogens is 1. The predicted octanol–water partition coefficient (Wildman–Crippen LogP) is 4.90. The molecule has 1 aromatic heterocycles. The topological polar surface area (TPSA) is 56.4 Å². The number of hydrogen-bond acceptors (Lipinski definition) is 2. The molecule has 0 spiro atoms. The number of rotatable bonds is 4. The van der Waals surface area contributed by atoms with Crippen molar-refractivity contribution < 1.29 is 9.59 Å². The number of H-pyrrole nitrogens is 1. The van der Waals surface area contributed by atoms with Gasteiger partial charge in [-0.25, -0.2) is 4.79 Å². The zero-order chi connectivity index (χ0) is 20.1. The van der Waals surface area contributed by atoms with Crippen molar-refractivity contribution in [3.63, 3.8) is 0 Å². The SMILES string of the molecule is CCCCN1C(=O)[C@H]2Cc3c([nH]c4ccccc34)[C@H](c3ccc(Cl)cc3)N2C1=O. The van der Waals surface area contributed by atoms with Gasteiger partial charge in [0.15, 0.2) is 0 Å². The molecule has 2 atom stereocenters. The highest BCUT2D eigenvalue weighted by molar-refractivity contribution is 6.30. The summed E-state index contributed by atoms with van der Waals surface area (Å²) in [6, 6.07) is 14.7. The molecule has 0 saturated carbocycles. The number of fused-ring (bicyclic) bond motifs is 4. The Balaban J connectivity index is 1.68. The number of imide groups is 1. The minimum Gasteiger partial charge on any atom is -0.356 e. The highest BCUT2D eigenvalue weighted by Crippen LogP contribution is 2.44. The summed E-state index contributed by atoms with van der Waals surface area (Å²) in [5.74, 6) is -0.0849. The summed E-state index contributed by atoms with van der Waals surface area (Å²) in [6.07, 6.45) is 2.29. The van der Waals surface area contributed by atoms with E-state index in [-0.39, 0.29) is 18.0 Å². The van der Waals surface area contributed by atoms with Crippen LogP contribution in [-0.4, -0.2) is 39.3 Å². The van der Waals surface area contributed by atoms with Crippen LogP contribution in [-0.2, 0) is 11.2 Å². The first kappa shape index (κ1) is 18.3. The van der Waals surface area contributed by atoms with Crippen molar-refractivity contribution in [1.82, 2.24) is 14.8 Å². The van der Waals surface area contributed by atoms with Crippen molar-refractivity contribution in [3.05, 3.63) is 70.4 Å². The van der Waals surface area contributed by atoms with Crippen LogP contribution in [0.1, 0.15) is 42.6 Å². The summed E-state index contributed by atoms with van der Waals surface area (Å²) >= 11 is 6.11. The minimum atomic E-state index is -0.466. The molecule has 3 amide bonds. The molecule has 0 radical (unpaired) electrons. The van der Waals surface area contributed by atoms with Crippen LogP contribution in [0.4, 0.5) is 4.79 Å². The number of hydrogen-bond donors (Lipinski definition) is 1. The number of urea groups is 1.